The van der Waals surface area contributed by atoms with Gasteiger partial charge in [0.05, 0.1) is 0 Å². The summed E-state index contributed by atoms with van der Waals surface area (Å²) in [6.45, 7) is 1.03. The van der Waals surface area contributed by atoms with Gasteiger partial charge in [-0.15, -0.1) is 0 Å². The van der Waals surface area contributed by atoms with Crippen LogP contribution in [0, 0.1) is 0 Å². The topological polar surface area (TPSA) is 3.01 Å². The molecule has 0 bridgehead atoms. The van der Waals surface area contributed by atoms with Crippen LogP contribution in [0.5, 0.6) is 0 Å². The van der Waals surface area contributed by atoms with E-state index < -0.39 is 5.92 Å². The molecule has 0 N–H and O–H groups in total. The molecule has 2 fully saturated rings. The van der Waals surface area contributed by atoms with Gasteiger partial charge in [-0.3, -0.25) is 4.90 Å². The van der Waals surface area contributed by atoms with Crippen molar-refractivity contribution in [3.05, 3.63) is 0 Å². The minimum atomic E-state index is -2.37. The Bertz CT molecular complexity index is 169. The van der Waals surface area contributed by atoms with Gasteiger partial charge in [0.25, 0.3) is 0 Å². The highest BCUT2D eigenvalue weighted by molar-refractivity contribution is 5.08. The van der Waals surface area contributed by atoms with Crippen molar-refractivity contribution >= 4 is 0 Å². The van der Waals surface area contributed by atoms with Gasteiger partial charge in [-0.25, -0.2) is 8.78 Å². The van der Waals surface area contributed by atoms with Gasteiger partial charge in [0.2, 0.25) is 5.92 Å². The summed E-state index contributed by atoms with van der Waals surface area (Å²) < 4.78 is 25.4. The maximum atomic E-state index is 12.7. The van der Waals surface area contributed by atoms with Crippen molar-refractivity contribution in [3.63, 3.8) is 0 Å². The number of halogens is 2. The summed E-state index contributed by atoms with van der Waals surface area (Å²) in [6.07, 6.45) is 1.57. The molecular weight excluding hydrogens is 148 g/mol. The van der Waals surface area contributed by atoms with E-state index in [9.17, 15) is 8.78 Å². The molecular formula is C8H13F2N. The molecule has 11 heavy (non-hydrogen) atoms. The largest absolute Gasteiger partial charge is 0.298 e. The molecule has 1 saturated heterocycles. The molecule has 1 atom stereocenters. The first-order valence-electron chi connectivity index (χ1n) is 4.13. The zero-order valence-electron chi connectivity index (χ0n) is 6.74. The maximum Gasteiger partial charge on any atom is 0.248 e. The Kier molecular flexibility index (Phi) is 1.32. The van der Waals surface area contributed by atoms with Crippen LogP contribution in [0.2, 0.25) is 0 Å². The van der Waals surface area contributed by atoms with E-state index in [2.05, 4.69) is 4.90 Å². The highest BCUT2D eigenvalue weighted by Gasteiger charge is 2.54. The van der Waals surface area contributed by atoms with Crippen LogP contribution in [-0.4, -0.2) is 30.0 Å². The van der Waals surface area contributed by atoms with Crippen molar-refractivity contribution in [2.24, 2.45) is 0 Å². The van der Waals surface area contributed by atoms with Crippen LogP contribution in [0.4, 0.5) is 8.78 Å². The van der Waals surface area contributed by atoms with E-state index >= 15 is 0 Å². The van der Waals surface area contributed by atoms with Gasteiger partial charge in [0.15, 0.2) is 0 Å². The third-order valence-electron chi connectivity index (χ3n) is 3.15. The number of likely N-dealkylation sites (N-methyl/N-ethyl adjacent to an activating group) is 1. The number of hydrogen-bond acceptors (Lipinski definition) is 1. The molecule has 0 aromatic rings. The van der Waals surface area contributed by atoms with Crippen LogP contribution in [0.15, 0.2) is 0 Å². The molecule has 1 nitrogen and oxygen atoms in total. The summed E-state index contributed by atoms with van der Waals surface area (Å²) in [6, 6.07) is 0. The first kappa shape index (κ1) is 7.47. The van der Waals surface area contributed by atoms with Gasteiger partial charge < -0.3 is 0 Å². The van der Waals surface area contributed by atoms with E-state index in [0.717, 1.165) is 6.54 Å². The summed E-state index contributed by atoms with van der Waals surface area (Å²) in [5.74, 6) is -2.37. The summed E-state index contributed by atoms with van der Waals surface area (Å²) in [5.41, 5.74) is 0.196. The van der Waals surface area contributed by atoms with Crippen molar-refractivity contribution in [3.8, 4) is 0 Å². The minimum Gasteiger partial charge on any atom is -0.298 e. The second kappa shape index (κ2) is 1.94. The average Bonchev–Trinajstić information content (AvgIpc) is 2.54. The highest BCUT2D eigenvalue weighted by Crippen LogP contribution is 2.48. The molecule has 1 unspecified atom stereocenters. The fraction of sp³-hybridized carbons (Fsp3) is 1.00. The molecule has 1 saturated carbocycles. The lowest BCUT2D eigenvalue weighted by molar-refractivity contribution is -0.0444. The van der Waals surface area contributed by atoms with Gasteiger partial charge in [0, 0.05) is 24.9 Å². The van der Waals surface area contributed by atoms with Crippen LogP contribution in [0.3, 0.4) is 0 Å². The summed E-state index contributed by atoms with van der Waals surface area (Å²) in [7, 11) is 2.02. The molecule has 2 rings (SSSR count). The molecule has 1 aliphatic heterocycles. The molecule has 64 valence electrons. The minimum absolute atomic E-state index is 0.0946. The Hall–Kier alpha value is -0.180. The Morgan fingerprint density at radius 1 is 1.09 bits per heavy atom. The van der Waals surface area contributed by atoms with Crippen LogP contribution < -0.4 is 0 Å². The second-order valence-corrected chi connectivity index (χ2v) is 3.94. The van der Waals surface area contributed by atoms with Gasteiger partial charge in [-0.05, 0) is 19.9 Å². The summed E-state index contributed by atoms with van der Waals surface area (Å²) in [4.78, 5) is 2.18. The third kappa shape index (κ3) is 1.15. The van der Waals surface area contributed by atoms with E-state index in [-0.39, 0.29) is 18.4 Å². The van der Waals surface area contributed by atoms with Crippen molar-refractivity contribution in [1.82, 2.24) is 4.90 Å². The summed E-state index contributed by atoms with van der Waals surface area (Å²) >= 11 is 0. The predicted octanol–water partition coefficient (Wildman–Crippen LogP) is 1.88. The maximum absolute atomic E-state index is 12.7. The second-order valence-electron chi connectivity index (χ2n) is 3.94. The lowest BCUT2D eigenvalue weighted by atomic mass is 9.86. The Morgan fingerprint density at radius 3 is 1.91 bits per heavy atom. The lowest BCUT2D eigenvalue weighted by Crippen LogP contribution is -2.31. The Morgan fingerprint density at radius 2 is 1.55 bits per heavy atom. The van der Waals surface area contributed by atoms with E-state index in [1.54, 1.807) is 0 Å². The van der Waals surface area contributed by atoms with Gasteiger partial charge >= 0.3 is 0 Å². The zero-order valence-corrected chi connectivity index (χ0v) is 6.74. The van der Waals surface area contributed by atoms with E-state index in [1.807, 2.05) is 7.05 Å². The van der Waals surface area contributed by atoms with Gasteiger partial charge in [-0.1, -0.05) is 0 Å². The molecule has 0 aromatic heterocycles. The monoisotopic (exact) mass is 161 g/mol. The number of alkyl halides is 2. The highest BCUT2D eigenvalue weighted by atomic mass is 19.3. The standard InChI is InChI=1S/C8H13F2N/c1-11-6-7(11)2-4-8(9,10)5-3-7/h2-6H2,1H3. The molecule has 1 aliphatic carbocycles. The number of nitrogens with zero attached hydrogens (tertiary/aromatic N) is 1. The van der Waals surface area contributed by atoms with E-state index in [4.69, 9.17) is 0 Å². The molecule has 0 amide bonds. The van der Waals surface area contributed by atoms with Crippen LogP contribution in [0.1, 0.15) is 25.7 Å². The predicted molar refractivity (Wildman–Crippen MR) is 38.8 cm³/mol. The van der Waals surface area contributed by atoms with Crippen molar-refractivity contribution in [2.75, 3.05) is 13.6 Å². The van der Waals surface area contributed by atoms with Crippen LogP contribution in [-0.2, 0) is 0 Å². The molecule has 2 aliphatic rings. The van der Waals surface area contributed by atoms with Crippen LogP contribution in [0.25, 0.3) is 0 Å². The van der Waals surface area contributed by atoms with Gasteiger partial charge in [-0.2, -0.15) is 0 Å². The van der Waals surface area contributed by atoms with Crippen LogP contribution >= 0.6 is 0 Å². The molecule has 1 spiro atoms. The normalized spacial score (nSPS) is 39.0. The van der Waals surface area contributed by atoms with E-state index in [0.29, 0.717) is 12.8 Å². The Balaban J connectivity index is 1.96. The third-order valence-corrected chi connectivity index (χ3v) is 3.15. The van der Waals surface area contributed by atoms with E-state index in [1.165, 1.54) is 0 Å². The van der Waals surface area contributed by atoms with Crippen molar-refractivity contribution in [1.29, 1.82) is 0 Å². The van der Waals surface area contributed by atoms with Crippen molar-refractivity contribution < 1.29 is 8.78 Å². The summed E-state index contributed by atoms with van der Waals surface area (Å²) in [5, 5.41) is 0. The first-order valence-corrected chi connectivity index (χ1v) is 4.13. The molecule has 3 heteroatoms. The average molecular weight is 161 g/mol. The fourth-order valence-corrected chi connectivity index (χ4v) is 2.03. The van der Waals surface area contributed by atoms with Crippen molar-refractivity contribution in [2.45, 2.75) is 37.1 Å². The van der Waals surface area contributed by atoms with Gasteiger partial charge in [0.1, 0.15) is 0 Å². The lowest BCUT2D eigenvalue weighted by Gasteiger charge is -2.28. The fourth-order valence-electron chi connectivity index (χ4n) is 2.03. The smallest absolute Gasteiger partial charge is 0.248 e. The SMILES string of the molecule is CN1CC12CCC(F)(F)CC2. The number of hydrogen-bond donors (Lipinski definition) is 0. The molecule has 1 heterocycles. The molecule has 0 radical (unpaired) electrons. The Labute approximate surface area is 65.4 Å². The zero-order chi connectivity index (χ0) is 8.11. The molecule has 0 aromatic carbocycles. The number of rotatable bonds is 0. The first-order chi connectivity index (χ1) is 5.04. The quantitative estimate of drug-likeness (QED) is 0.490.